The number of aryl methyl sites for hydroxylation is 1. The van der Waals surface area contributed by atoms with Crippen molar-refractivity contribution in [2.24, 2.45) is 0 Å². The SMILES string of the molecule is Cc1nc2c3ccccc3nc(SC(C)c3nc4ccccc4[nH]3)n2n1. The Kier molecular flexibility index (Phi) is 3.43. The van der Waals surface area contributed by atoms with Gasteiger partial charge in [-0.2, -0.15) is 4.52 Å². The average molecular weight is 360 g/mol. The number of nitrogens with one attached hydrogen (secondary N) is 1. The second kappa shape index (κ2) is 5.81. The molecule has 3 aromatic heterocycles. The summed E-state index contributed by atoms with van der Waals surface area (Å²) in [6, 6.07) is 16.1. The number of hydrogen-bond acceptors (Lipinski definition) is 5. The number of thioether (sulfide) groups is 1. The molecule has 26 heavy (non-hydrogen) atoms. The van der Waals surface area contributed by atoms with Crippen LogP contribution in [0.3, 0.4) is 0 Å². The quantitative estimate of drug-likeness (QED) is 0.383. The maximum absolute atomic E-state index is 4.82. The predicted octanol–water partition coefficient (Wildman–Crippen LogP) is 4.32. The average Bonchev–Trinajstić information content (AvgIpc) is 3.25. The number of fused-ring (bicyclic) bond motifs is 4. The number of aromatic nitrogens is 6. The van der Waals surface area contributed by atoms with E-state index in [-0.39, 0.29) is 5.25 Å². The maximum Gasteiger partial charge on any atom is 0.192 e. The molecule has 5 rings (SSSR count). The number of hydrogen-bond donors (Lipinski definition) is 1. The Hall–Kier alpha value is -2.93. The molecule has 2 aromatic carbocycles. The predicted molar refractivity (Wildman–Crippen MR) is 103 cm³/mol. The van der Waals surface area contributed by atoms with E-state index in [0.29, 0.717) is 0 Å². The molecule has 6 nitrogen and oxygen atoms in total. The number of nitrogens with zero attached hydrogens (tertiary/aromatic N) is 5. The summed E-state index contributed by atoms with van der Waals surface area (Å²) in [5.74, 6) is 1.66. The minimum absolute atomic E-state index is 0.101. The molecule has 0 aliphatic carbocycles. The Labute approximate surface area is 153 Å². The summed E-state index contributed by atoms with van der Waals surface area (Å²) in [4.78, 5) is 17.5. The fourth-order valence-corrected chi connectivity index (χ4v) is 4.01. The van der Waals surface area contributed by atoms with Crippen molar-refractivity contribution in [3.8, 4) is 0 Å². The zero-order chi connectivity index (χ0) is 17.7. The van der Waals surface area contributed by atoms with E-state index in [1.807, 2.05) is 60.0 Å². The van der Waals surface area contributed by atoms with Crippen molar-refractivity contribution in [2.75, 3.05) is 0 Å². The van der Waals surface area contributed by atoms with Gasteiger partial charge in [0.05, 0.1) is 21.8 Å². The molecular weight excluding hydrogens is 344 g/mol. The zero-order valence-electron chi connectivity index (χ0n) is 14.3. The van der Waals surface area contributed by atoms with Crippen LogP contribution >= 0.6 is 11.8 Å². The molecule has 0 aliphatic rings. The lowest BCUT2D eigenvalue weighted by atomic mass is 10.2. The molecule has 128 valence electrons. The van der Waals surface area contributed by atoms with Crippen molar-refractivity contribution in [1.82, 2.24) is 29.5 Å². The first-order chi connectivity index (χ1) is 12.7. The van der Waals surface area contributed by atoms with Crippen LogP contribution < -0.4 is 0 Å². The van der Waals surface area contributed by atoms with Gasteiger partial charge >= 0.3 is 0 Å². The van der Waals surface area contributed by atoms with Crippen LogP contribution in [0.5, 0.6) is 0 Å². The molecule has 0 bridgehead atoms. The van der Waals surface area contributed by atoms with E-state index in [9.17, 15) is 0 Å². The van der Waals surface area contributed by atoms with Gasteiger partial charge in [0.1, 0.15) is 11.6 Å². The van der Waals surface area contributed by atoms with Crippen LogP contribution in [0.25, 0.3) is 27.6 Å². The summed E-state index contributed by atoms with van der Waals surface area (Å²) in [5, 5.41) is 6.47. The van der Waals surface area contributed by atoms with Crippen LogP contribution in [-0.2, 0) is 0 Å². The molecule has 0 spiro atoms. The maximum atomic E-state index is 4.82. The molecule has 5 aromatic rings. The normalized spacial score (nSPS) is 13.0. The Morgan fingerprint density at radius 3 is 2.58 bits per heavy atom. The second-order valence-corrected chi connectivity index (χ2v) is 7.51. The molecule has 1 unspecified atom stereocenters. The van der Waals surface area contributed by atoms with E-state index < -0.39 is 0 Å². The van der Waals surface area contributed by atoms with Crippen molar-refractivity contribution >= 4 is 39.3 Å². The minimum atomic E-state index is 0.101. The number of H-pyrrole nitrogens is 1. The van der Waals surface area contributed by atoms with Crippen LogP contribution in [0, 0.1) is 6.92 Å². The van der Waals surface area contributed by atoms with Gasteiger partial charge in [-0.05, 0) is 38.1 Å². The van der Waals surface area contributed by atoms with E-state index >= 15 is 0 Å². The molecule has 0 amide bonds. The topological polar surface area (TPSA) is 71.8 Å². The zero-order valence-corrected chi connectivity index (χ0v) is 15.2. The Morgan fingerprint density at radius 1 is 0.962 bits per heavy atom. The van der Waals surface area contributed by atoms with Gasteiger partial charge in [-0.25, -0.2) is 15.0 Å². The smallest absolute Gasteiger partial charge is 0.192 e. The summed E-state index contributed by atoms with van der Waals surface area (Å²) < 4.78 is 1.83. The molecule has 1 N–H and O–H groups in total. The molecule has 3 heterocycles. The van der Waals surface area contributed by atoms with Crippen molar-refractivity contribution in [2.45, 2.75) is 24.3 Å². The highest BCUT2D eigenvalue weighted by Gasteiger charge is 2.18. The minimum Gasteiger partial charge on any atom is -0.341 e. The van der Waals surface area contributed by atoms with E-state index in [2.05, 4.69) is 22.0 Å². The standard InChI is InChI=1S/C19H16N6S/c1-11(17-21-15-9-5-6-10-16(15)22-17)26-19-23-14-8-4-3-7-13(14)18-20-12(2)24-25(18)19/h3-11H,1-2H3,(H,21,22). The first-order valence-corrected chi connectivity index (χ1v) is 9.30. The monoisotopic (exact) mass is 360 g/mol. The van der Waals surface area contributed by atoms with Gasteiger partial charge in [0, 0.05) is 5.39 Å². The molecule has 0 radical (unpaired) electrons. The van der Waals surface area contributed by atoms with Crippen LogP contribution in [0.15, 0.2) is 53.7 Å². The largest absolute Gasteiger partial charge is 0.341 e. The molecule has 0 saturated carbocycles. The van der Waals surface area contributed by atoms with Gasteiger partial charge in [-0.1, -0.05) is 36.0 Å². The van der Waals surface area contributed by atoms with Gasteiger partial charge in [0.25, 0.3) is 0 Å². The van der Waals surface area contributed by atoms with Crippen molar-refractivity contribution in [3.63, 3.8) is 0 Å². The lowest BCUT2D eigenvalue weighted by Gasteiger charge is -2.10. The van der Waals surface area contributed by atoms with E-state index in [4.69, 9.17) is 9.97 Å². The van der Waals surface area contributed by atoms with Crippen molar-refractivity contribution in [3.05, 3.63) is 60.2 Å². The lowest BCUT2D eigenvalue weighted by molar-refractivity contribution is 0.791. The summed E-state index contributed by atoms with van der Waals surface area (Å²) in [5.41, 5.74) is 3.78. The van der Waals surface area contributed by atoms with Gasteiger partial charge < -0.3 is 4.98 Å². The fourth-order valence-electron chi connectivity index (χ4n) is 3.09. The molecule has 1 atom stereocenters. The highest BCUT2D eigenvalue weighted by Crippen LogP contribution is 2.34. The van der Waals surface area contributed by atoms with Crippen LogP contribution in [-0.4, -0.2) is 29.5 Å². The first-order valence-electron chi connectivity index (χ1n) is 8.42. The third kappa shape index (κ3) is 2.43. The number of imidazole rings is 1. The van der Waals surface area contributed by atoms with Crippen molar-refractivity contribution < 1.29 is 0 Å². The van der Waals surface area contributed by atoms with Crippen LogP contribution in [0.1, 0.15) is 23.8 Å². The third-order valence-corrected chi connectivity index (χ3v) is 5.38. The Morgan fingerprint density at radius 2 is 1.73 bits per heavy atom. The van der Waals surface area contributed by atoms with Gasteiger partial charge in [-0.15, -0.1) is 5.10 Å². The number of benzene rings is 2. The van der Waals surface area contributed by atoms with Crippen molar-refractivity contribution in [1.29, 1.82) is 0 Å². The van der Waals surface area contributed by atoms with Gasteiger partial charge in [0.15, 0.2) is 10.8 Å². The summed E-state index contributed by atoms with van der Waals surface area (Å²) in [6.07, 6.45) is 0. The van der Waals surface area contributed by atoms with E-state index in [0.717, 1.165) is 44.4 Å². The highest BCUT2D eigenvalue weighted by molar-refractivity contribution is 7.99. The lowest BCUT2D eigenvalue weighted by Crippen LogP contribution is -2.01. The Bertz CT molecular complexity index is 1220. The number of aromatic amines is 1. The first kappa shape index (κ1) is 15.3. The third-order valence-electron chi connectivity index (χ3n) is 4.33. The van der Waals surface area contributed by atoms with Crippen LogP contribution in [0.4, 0.5) is 0 Å². The molecule has 0 fully saturated rings. The van der Waals surface area contributed by atoms with Gasteiger partial charge in [0.2, 0.25) is 0 Å². The second-order valence-electron chi connectivity index (χ2n) is 6.21. The molecular formula is C19H16N6S. The Balaban J connectivity index is 1.61. The van der Waals surface area contributed by atoms with E-state index in [1.165, 1.54) is 0 Å². The molecule has 0 saturated heterocycles. The summed E-state index contributed by atoms with van der Waals surface area (Å²) in [6.45, 7) is 4.02. The van der Waals surface area contributed by atoms with Crippen LogP contribution in [0.2, 0.25) is 0 Å². The van der Waals surface area contributed by atoms with Gasteiger partial charge in [-0.3, -0.25) is 0 Å². The number of rotatable bonds is 3. The van der Waals surface area contributed by atoms with E-state index in [1.54, 1.807) is 11.8 Å². The fraction of sp³-hybridized carbons (Fsp3) is 0.158. The molecule has 7 heteroatoms. The highest BCUT2D eigenvalue weighted by atomic mass is 32.2. The number of para-hydroxylation sites is 3. The summed E-state index contributed by atoms with van der Waals surface area (Å²) >= 11 is 1.63. The molecule has 0 aliphatic heterocycles. The summed E-state index contributed by atoms with van der Waals surface area (Å²) in [7, 11) is 0.